The number of fused-ring (bicyclic) bond motifs is 5. The number of hydrogen-bond acceptors (Lipinski definition) is 2. The molecule has 4 fully saturated rings. The van der Waals surface area contributed by atoms with Crippen LogP contribution >= 0.6 is 0 Å². The van der Waals surface area contributed by atoms with Crippen LogP contribution in [0.1, 0.15) is 118 Å². The fourth-order valence-electron chi connectivity index (χ4n) is 8.97. The first-order chi connectivity index (χ1) is 13.6. The molecule has 4 aliphatic rings. The van der Waals surface area contributed by atoms with Gasteiger partial charge in [0.25, 0.3) is 0 Å². The summed E-state index contributed by atoms with van der Waals surface area (Å²) in [5, 5.41) is 20.3. The summed E-state index contributed by atoms with van der Waals surface area (Å²) in [4.78, 5) is 0. The summed E-state index contributed by atoms with van der Waals surface area (Å²) in [6.07, 6.45) is 18.2. The molecule has 2 N–H and O–H groups in total. The van der Waals surface area contributed by atoms with Crippen molar-refractivity contribution in [2.75, 3.05) is 0 Å². The molecule has 0 amide bonds. The summed E-state index contributed by atoms with van der Waals surface area (Å²) in [5.41, 5.74) is 0.563. The summed E-state index contributed by atoms with van der Waals surface area (Å²) in [7, 11) is 0. The van der Waals surface area contributed by atoms with Crippen molar-refractivity contribution in [3.8, 4) is 0 Å². The van der Waals surface area contributed by atoms with Gasteiger partial charge in [-0.2, -0.15) is 0 Å². The lowest BCUT2D eigenvalue weighted by molar-refractivity contribution is -0.151. The molecule has 0 spiro atoms. The average molecular weight is 405 g/mol. The third kappa shape index (κ3) is 4.19. The van der Waals surface area contributed by atoms with E-state index in [-0.39, 0.29) is 6.10 Å². The van der Waals surface area contributed by atoms with Crippen LogP contribution < -0.4 is 0 Å². The molecule has 4 saturated carbocycles. The van der Waals surface area contributed by atoms with E-state index in [1.807, 2.05) is 13.8 Å². The quantitative estimate of drug-likeness (QED) is 0.499. The molecule has 0 aromatic carbocycles. The maximum Gasteiger partial charge on any atom is 0.0591 e. The van der Waals surface area contributed by atoms with Gasteiger partial charge in [0.05, 0.1) is 11.7 Å². The number of aliphatic hydroxyl groups is 2. The van der Waals surface area contributed by atoms with Crippen molar-refractivity contribution in [3.63, 3.8) is 0 Å². The normalized spacial score (nSPS) is 47.8. The van der Waals surface area contributed by atoms with Crippen LogP contribution in [0, 0.1) is 40.4 Å². The van der Waals surface area contributed by atoms with Crippen LogP contribution in [0.4, 0.5) is 0 Å². The summed E-state index contributed by atoms with van der Waals surface area (Å²) >= 11 is 0. The maximum absolute atomic E-state index is 10.3. The molecule has 0 aromatic heterocycles. The van der Waals surface area contributed by atoms with Crippen molar-refractivity contribution in [2.45, 2.75) is 129 Å². The first-order valence-corrected chi connectivity index (χ1v) is 13.0. The van der Waals surface area contributed by atoms with Crippen LogP contribution in [0.5, 0.6) is 0 Å². The highest BCUT2D eigenvalue weighted by Gasteiger charge is 2.58. The predicted molar refractivity (Wildman–Crippen MR) is 121 cm³/mol. The van der Waals surface area contributed by atoms with Gasteiger partial charge in [0.1, 0.15) is 0 Å². The SMILES string of the molecule is CC(C)(O)CCCCC1CCC[C@H]2C3CCC4CC(O)CCC4(C)C3CCC12C. The highest BCUT2D eigenvalue weighted by atomic mass is 16.3. The van der Waals surface area contributed by atoms with E-state index in [0.29, 0.717) is 10.8 Å². The van der Waals surface area contributed by atoms with E-state index in [4.69, 9.17) is 0 Å². The number of hydrogen-bond donors (Lipinski definition) is 2. The van der Waals surface area contributed by atoms with Gasteiger partial charge in [-0.3, -0.25) is 0 Å². The minimum Gasteiger partial charge on any atom is -0.393 e. The van der Waals surface area contributed by atoms with E-state index in [9.17, 15) is 10.2 Å². The van der Waals surface area contributed by atoms with Crippen molar-refractivity contribution in [2.24, 2.45) is 40.4 Å². The second kappa shape index (κ2) is 8.12. The second-order valence-electron chi connectivity index (χ2n) is 12.8. The highest BCUT2D eigenvalue weighted by molar-refractivity contribution is 5.08. The zero-order chi connectivity index (χ0) is 20.9. The molecule has 0 heterocycles. The van der Waals surface area contributed by atoms with Crippen molar-refractivity contribution in [1.29, 1.82) is 0 Å². The Bertz CT molecular complexity index is 565. The molecule has 7 unspecified atom stereocenters. The zero-order valence-electron chi connectivity index (χ0n) is 19.8. The van der Waals surface area contributed by atoms with Crippen molar-refractivity contribution in [1.82, 2.24) is 0 Å². The maximum atomic E-state index is 10.3. The van der Waals surface area contributed by atoms with Crippen LogP contribution in [-0.4, -0.2) is 21.9 Å². The molecule has 2 heteroatoms. The van der Waals surface area contributed by atoms with Gasteiger partial charge in [0.2, 0.25) is 0 Å². The fourth-order valence-corrected chi connectivity index (χ4v) is 8.97. The largest absolute Gasteiger partial charge is 0.393 e. The molecule has 0 aromatic rings. The average Bonchev–Trinajstić information content (AvgIpc) is 2.65. The molecule has 29 heavy (non-hydrogen) atoms. The van der Waals surface area contributed by atoms with Crippen LogP contribution in [0.25, 0.3) is 0 Å². The molecule has 168 valence electrons. The van der Waals surface area contributed by atoms with Crippen molar-refractivity contribution in [3.05, 3.63) is 0 Å². The van der Waals surface area contributed by atoms with Crippen LogP contribution in [0.3, 0.4) is 0 Å². The smallest absolute Gasteiger partial charge is 0.0591 e. The molecule has 2 nitrogen and oxygen atoms in total. The second-order valence-corrected chi connectivity index (χ2v) is 12.8. The van der Waals surface area contributed by atoms with Gasteiger partial charge in [-0.25, -0.2) is 0 Å². The van der Waals surface area contributed by atoms with E-state index in [0.717, 1.165) is 48.9 Å². The van der Waals surface area contributed by atoms with Crippen molar-refractivity contribution < 1.29 is 10.2 Å². The van der Waals surface area contributed by atoms with Crippen LogP contribution in [-0.2, 0) is 0 Å². The lowest BCUT2D eigenvalue weighted by atomic mass is 9.41. The Morgan fingerprint density at radius 2 is 1.59 bits per heavy atom. The topological polar surface area (TPSA) is 40.5 Å². The Labute approximate surface area is 180 Å². The first kappa shape index (κ1) is 22.1. The van der Waals surface area contributed by atoms with E-state index in [1.54, 1.807) is 0 Å². The molecular weight excluding hydrogens is 356 g/mol. The minimum atomic E-state index is -0.501. The molecule has 4 rings (SSSR count). The molecule has 0 bridgehead atoms. The summed E-state index contributed by atoms with van der Waals surface area (Å²) < 4.78 is 0. The summed E-state index contributed by atoms with van der Waals surface area (Å²) in [5.74, 6) is 4.49. The van der Waals surface area contributed by atoms with E-state index in [2.05, 4.69) is 13.8 Å². The van der Waals surface area contributed by atoms with Gasteiger partial charge in [-0.15, -0.1) is 0 Å². The predicted octanol–water partition coefficient (Wildman–Crippen LogP) is 6.73. The Kier molecular flexibility index (Phi) is 6.19. The number of unbranched alkanes of at least 4 members (excludes halogenated alkanes) is 1. The third-order valence-corrected chi connectivity index (χ3v) is 10.7. The Morgan fingerprint density at radius 1 is 0.862 bits per heavy atom. The summed E-state index contributed by atoms with van der Waals surface area (Å²) in [6.45, 7) is 9.19. The number of rotatable bonds is 5. The Balaban J connectivity index is 1.44. The lowest BCUT2D eigenvalue weighted by Crippen LogP contribution is -2.56. The monoisotopic (exact) mass is 404 g/mol. The molecular formula is C27H48O2. The molecule has 8 atom stereocenters. The Morgan fingerprint density at radius 3 is 2.34 bits per heavy atom. The molecule has 4 aliphatic carbocycles. The van der Waals surface area contributed by atoms with Crippen molar-refractivity contribution >= 4 is 0 Å². The fraction of sp³-hybridized carbons (Fsp3) is 1.00. The van der Waals surface area contributed by atoms with Gasteiger partial charge in [-0.05, 0) is 125 Å². The highest BCUT2D eigenvalue weighted by Crippen LogP contribution is 2.66. The standard InChI is InChI=1S/C27H48O2/c1-25(2,29)15-6-5-8-19-9-7-10-23-22-12-11-20-18-21(28)13-16-27(20,4)24(22)14-17-26(19,23)3/h19-24,28-29H,5-18H2,1-4H3/t19?,20?,21?,22?,23-,24?,26?,27?/m0/s1. The van der Waals surface area contributed by atoms with E-state index in [1.165, 1.54) is 70.6 Å². The van der Waals surface area contributed by atoms with Gasteiger partial charge >= 0.3 is 0 Å². The first-order valence-electron chi connectivity index (χ1n) is 13.0. The zero-order valence-corrected chi connectivity index (χ0v) is 19.8. The third-order valence-electron chi connectivity index (χ3n) is 10.7. The molecule has 0 saturated heterocycles. The summed E-state index contributed by atoms with van der Waals surface area (Å²) in [6, 6.07) is 0. The van der Waals surface area contributed by atoms with Gasteiger partial charge in [0, 0.05) is 0 Å². The molecule has 0 aliphatic heterocycles. The van der Waals surface area contributed by atoms with Crippen LogP contribution in [0.15, 0.2) is 0 Å². The van der Waals surface area contributed by atoms with Gasteiger partial charge < -0.3 is 10.2 Å². The van der Waals surface area contributed by atoms with Crippen LogP contribution in [0.2, 0.25) is 0 Å². The molecule has 0 radical (unpaired) electrons. The number of aliphatic hydroxyl groups excluding tert-OH is 1. The van der Waals surface area contributed by atoms with E-state index >= 15 is 0 Å². The van der Waals surface area contributed by atoms with E-state index < -0.39 is 5.60 Å². The van der Waals surface area contributed by atoms with Gasteiger partial charge in [-0.1, -0.05) is 33.1 Å². The lowest BCUT2D eigenvalue weighted by Gasteiger charge is -2.64. The minimum absolute atomic E-state index is 0.0264. The van der Waals surface area contributed by atoms with Gasteiger partial charge in [0.15, 0.2) is 0 Å². The Hall–Kier alpha value is -0.0800.